The monoisotopic (exact) mass is 916 g/mol. The molecule has 0 amide bonds. The fourth-order valence-corrected chi connectivity index (χ4v) is 5.24. The Hall–Kier alpha value is -9.06. The number of esters is 6. The summed E-state index contributed by atoms with van der Waals surface area (Å²) in [6.07, 6.45) is 0.589. The van der Waals surface area contributed by atoms with Crippen LogP contribution >= 0.6 is 0 Å². The lowest BCUT2D eigenvalue weighted by Crippen LogP contribution is -2.13. The van der Waals surface area contributed by atoms with Crippen molar-refractivity contribution in [3.8, 4) is 34.5 Å². The number of carbonyl (C=O) groups excluding carboxylic acids is 8. The highest BCUT2D eigenvalue weighted by atomic mass is 16.7. The Labute approximate surface area is 382 Å². The van der Waals surface area contributed by atoms with Gasteiger partial charge in [0.15, 0.2) is 0 Å². The first-order valence-corrected chi connectivity index (χ1v) is 20.0. The molecule has 0 aliphatic rings. The maximum atomic E-state index is 12.9. The van der Waals surface area contributed by atoms with Crippen LogP contribution in [0, 0.1) is 6.92 Å². The van der Waals surface area contributed by atoms with Crippen LogP contribution in [0.2, 0.25) is 0 Å². The zero-order chi connectivity index (χ0) is 48.1. The van der Waals surface area contributed by atoms with Gasteiger partial charge in [-0.2, -0.15) is 0 Å². The lowest BCUT2D eigenvalue weighted by Gasteiger charge is -2.11. The van der Waals surface area contributed by atoms with Crippen LogP contribution in [0.5, 0.6) is 34.5 Å². The van der Waals surface area contributed by atoms with Crippen LogP contribution in [0.1, 0.15) is 59.8 Å². The van der Waals surface area contributed by atoms with E-state index < -0.39 is 48.1 Å². The molecule has 0 heterocycles. The van der Waals surface area contributed by atoms with E-state index in [1.165, 1.54) is 115 Å². The lowest BCUT2D eigenvalue weighted by molar-refractivity contribution is -0.138. The number of hydrogen-bond acceptors (Lipinski definition) is 18. The van der Waals surface area contributed by atoms with Crippen molar-refractivity contribution in [2.45, 2.75) is 19.8 Å². The third-order valence-electron chi connectivity index (χ3n) is 8.58. The molecule has 5 aromatic rings. The summed E-state index contributed by atoms with van der Waals surface area (Å²) < 4.78 is 51.3. The third kappa shape index (κ3) is 15.9. The molecule has 0 saturated heterocycles. The van der Waals surface area contributed by atoms with Crippen molar-refractivity contribution in [3.05, 3.63) is 168 Å². The average Bonchev–Trinajstić information content (AvgIpc) is 3.32. The highest BCUT2D eigenvalue weighted by Gasteiger charge is 2.17. The second-order valence-corrected chi connectivity index (χ2v) is 13.4. The Bertz CT molecular complexity index is 2600. The molecule has 0 atom stereocenters. The highest BCUT2D eigenvalue weighted by Crippen LogP contribution is 2.26. The Balaban J connectivity index is 1.03. The summed E-state index contributed by atoms with van der Waals surface area (Å²) in [5.74, 6) is -3.17. The van der Waals surface area contributed by atoms with Gasteiger partial charge in [-0.05, 0) is 128 Å². The molecule has 0 saturated carbocycles. The standard InChI is InChI=1S/C49H40O18/c1-4-42(50)58-26-6-28-60-48(56)65-38-20-12-32(13-21-38)44(52)62-36-16-8-34(9-17-36)46(54)64-40-24-25-41(31(3)30-40)67-47(55)35-10-18-37(19-11-35)63-45(53)33-14-22-39(23-15-33)66-49(57)61-29-7-27-59-43(51)5-2/h4-5,8-25,30H,1-2,6-7,26-29H2,3H3. The maximum Gasteiger partial charge on any atom is 0.513 e. The molecule has 0 N–H and O–H groups in total. The number of benzene rings is 5. The van der Waals surface area contributed by atoms with Gasteiger partial charge in [0.2, 0.25) is 0 Å². The third-order valence-corrected chi connectivity index (χ3v) is 8.58. The van der Waals surface area contributed by atoms with Gasteiger partial charge in [0.05, 0.1) is 48.7 Å². The largest absolute Gasteiger partial charge is 0.513 e. The minimum atomic E-state index is -0.983. The summed E-state index contributed by atoms with van der Waals surface area (Å²) in [6.45, 7) is 8.19. The van der Waals surface area contributed by atoms with Gasteiger partial charge in [-0.25, -0.2) is 38.4 Å². The number of ether oxygens (including phenoxy) is 10. The summed E-state index contributed by atoms with van der Waals surface area (Å²) in [5, 5.41) is 0. The van der Waals surface area contributed by atoms with E-state index in [1.54, 1.807) is 6.92 Å². The van der Waals surface area contributed by atoms with Crippen molar-refractivity contribution < 1.29 is 85.7 Å². The predicted molar refractivity (Wildman–Crippen MR) is 232 cm³/mol. The van der Waals surface area contributed by atoms with Crippen LogP contribution in [0.3, 0.4) is 0 Å². The van der Waals surface area contributed by atoms with Gasteiger partial charge in [0.1, 0.15) is 34.5 Å². The Kier molecular flexibility index (Phi) is 18.0. The smallest absolute Gasteiger partial charge is 0.462 e. The molecule has 0 radical (unpaired) electrons. The fourth-order valence-electron chi connectivity index (χ4n) is 5.24. The molecule has 0 aliphatic carbocycles. The quantitative estimate of drug-likeness (QED) is 0.0179. The molecule has 5 rings (SSSR count). The summed E-state index contributed by atoms with van der Waals surface area (Å²) in [5.41, 5.74) is 1.07. The van der Waals surface area contributed by atoms with Crippen LogP contribution in [0.25, 0.3) is 0 Å². The number of hydrogen-bond donors (Lipinski definition) is 0. The lowest BCUT2D eigenvalue weighted by atomic mass is 10.2. The number of carbonyl (C=O) groups is 8. The molecule has 0 spiro atoms. The minimum Gasteiger partial charge on any atom is -0.462 e. The topological polar surface area (TPSA) is 229 Å². The van der Waals surface area contributed by atoms with Crippen molar-refractivity contribution in [1.82, 2.24) is 0 Å². The van der Waals surface area contributed by atoms with Gasteiger partial charge in [-0.1, -0.05) is 13.2 Å². The van der Waals surface area contributed by atoms with Gasteiger partial charge in [-0.15, -0.1) is 0 Å². The SMILES string of the molecule is C=CC(=O)OCCCOC(=O)Oc1ccc(C(=O)Oc2ccc(C(=O)Oc3ccc(OC(=O)c4ccc(OC(=O)c5ccc(OC(=O)OCCCOC(=O)C=C)cc5)cc4)c(C)c3)cc2)cc1. The van der Waals surface area contributed by atoms with E-state index in [9.17, 15) is 38.4 Å². The van der Waals surface area contributed by atoms with E-state index in [1.807, 2.05) is 0 Å². The zero-order valence-corrected chi connectivity index (χ0v) is 35.6. The maximum absolute atomic E-state index is 12.9. The molecule has 0 unspecified atom stereocenters. The molecule has 67 heavy (non-hydrogen) atoms. The molecule has 0 aliphatic heterocycles. The summed E-state index contributed by atoms with van der Waals surface area (Å²) >= 11 is 0. The summed E-state index contributed by atoms with van der Waals surface area (Å²) in [6, 6.07) is 26.7. The molecule has 344 valence electrons. The summed E-state index contributed by atoms with van der Waals surface area (Å²) in [4.78, 5) is 97.1. The Morgan fingerprint density at radius 3 is 1.03 bits per heavy atom. The molecular weight excluding hydrogens is 877 g/mol. The normalized spacial score (nSPS) is 10.2. The zero-order valence-electron chi connectivity index (χ0n) is 35.6. The Morgan fingerprint density at radius 1 is 0.388 bits per heavy atom. The predicted octanol–water partition coefficient (Wildman–Crippen LogP) is 8.14. The fraction of sp³-hybridized carbons (Fsp3) is 0.143. The van der Waals surface area contributed by atoms with Crippen LogP contribution in [-0.4, -0.2) is 74.6 Å². The van der Waals surface area contributed by atoms with Gasteiger partial charge >= 0.3 is 48.1 Å². The number of aryl methyl sites for hydroxylation is 1. The van der Waals surface area contributed by atoms with Crippen LogP contribution in [-0.2, 0) is 28.5 Å². The molecule has 18 heteroatoms. The molecular formula is C49H40O18. The van der Waals surface area contributed by atoms with Gasteiger partial charge < -0.3 is 47.4 Å². The van der Waals surface area contributed by atoms with Crippen LogP contribution in [0.4, 0.5) is 9.59 Å². The van der Waals surface area contributed by atoms with Crippen molar-refractivity contribution in [2.24, 2.45) is 0 Å². The van der Waals surface area contributed by atoms with Crippen LogP contribution in [0.15, 0.2) is 141 Å². The first-order valence-electron chi connectivity index (χ1n) is 20.0. The van der Waals surface area contributed by atoms with E-state index >= 15 is 0 Å². The van der Waals surface area contributed by atoms with E-state index in [-0.39, 0.29) is 96.0 Å². The van der Waals surface area contributed by atoms with Crippen molar-refractivity contribution in [1.29, 1.82) is 0 Å². The van der Waals surface area contributed by atoms with E-state index in [0.717, 1.165) is 12.2 Å². The summed E-state index contributed by atoms with van der Waals surface area (Å²) in [7, 11) is 0. The molecule has 0 fully saturated rings. The average molecular weight is 917 g/mol. The molecule has 0 bridgehead atoms. The second kappa shape index (κ2) is 24.7. The molecule has 5 aromatic carbocycles. The highest BCUT2D eigenvalue weighted by molar-refractivity contribution is 5.94. The van der Waals surface area contributed by atoms with Crippen molar-refractivity contribution >= 4 is 48.1 Å². The van der Waals surface area contributed by atoms with Crippen LogP contribution < -0.4 is 28.4 Å². The van der Waals surface area contributed by atoms with Gasteiger partial charge in [-0.3, -0.25) is 0 Å². The first-order chi connectivity index (χ1) is 32.3. The van der Waals surface area contributed by atoms with Gasteiger partial charge in [0, 0.05) is 25.0 Å². The van der Waals surface area contributed by atoms with Crippen molar-refractivity contribution in [3.63, 3.8) is 0 Å². The van der Waals surface area contributed by atoms with E-state index in [4.69, 9.17) is 47.4 Å². The minimum absolute atomic E-state index is 0.0400. The second-order valence-electron chi connectivity index (χ2n) is 13.4. The number of rotatable bonds is 20. The first kappa shape index (κ1) is 49.0. The molecule has 0 aromatic heterocycles. The molecule has 18 nitrogen and oxygen atoms in total. The van der Waals surface area contributed by atoms with Gasteiger partial charge in [0.25, 0.3) is 0 Å². The Morgan fingerprint density at radius 2 is 0.687 bits per heavy atom. The van der Waals surface area contributed by atoms with E-state index in [2.05, 4.69) is 13.2 Å². The van der Waals surface area contributed by atoms with Crippen molar-refractivity contribution in [2.75, 3.05) is 26.4 Å². The van der Waals surface area contributed by atoms with E-state index in [0.29, 0.717) is 5.56 Å².